The standard InChI is InChI=1S/C17H19N5O3S/c1-22-14(6-9-20-22)13(10-24-2)21-16(23)15-5-4-12(25-15)11-26-17-18-7-3-8-19-17/h3-9,13H,10-11H2,1-2H3,(H,21,23)/t13-/m1/s1. The normalized spacial score (nSPS) is 12.1. The van der Waals surface area contributed by atoms with Crippen molar-refractivity contribution in [2.24, 2.45) is 7.05 Å². The van der Waals surface area contributed by atoms with Crippen LogP contribution < -0.4 is 5.32 Å². The molecule has 0 aliphatic carbocycles. The van der Waals surface area contributed by atoms with Crippen molar-refractivity contribution >= 4 is 17.7 Å². The largest absolute Gasteiger partial charge is 0.455 e. The molecule has 0 radical (unpaired) electrons. The summed E-state index contributed by atoms with van der Waals surface area (Å²) in [6, 6.07) is 6.72. The molecule has 3 heterocycles. The second kappa shape index (κ2) is 8.63. The predicted octanol–water partition coefficient (Wildman–Crippen LogP) is 2.21. The molecule has 0 spiro atoms. The molecular formula is C17H19N5O3S. The van der Waals surface area contributed by atoms with Gasteiger partial charge in [-0.2, -0.15) is 5.10 Å². The van der Waals surface area contributed by atoms with Gasteiger partial charge < -0.3 is 14.5 Å². The second-order valence-corrected chi connectivity index (χ2v) is 6.39. The van der Waals surface area contributed by atoms with Crippen molar-refractivity contribution in [1.29, 1.82) is 0 Å². The zero-order valence-electron chi connectivity index (χ0n) is 14.5. The van der Waals surface area contributed by atoms with Crippen molar-refractivity contribution in [3.05, 3.63) is 60.1 Å². The highest BCUT2D eigenvalue weighted by Crippen LogP contribution is 2.21. The number of aromatic nitrogens is 4. The van der Waals surface area contributed by atoms with Gasteiger partial charge in [-0.25, -0.2) is 9.97 Å². The third kappa shape index (κ3) is 4.50. The first-order valence-corrected chi connectivity index (χ1v) is 8.92. The van der Waals surface area contributed by atoms with Crippen molar-refractivity contribution in [2.75, 3.05) is 13.7 Å². The van der Waals surface area contributed by atoms with E-state index in [0.29, 0.717) is 23.3 Å². The molecular weight excluding hydrogens is 354 g/mol. The molecule has 26 heavy (non-hydrogen) atoms. The molecule has 3 aromatic heterocycles. The summed E-state index contributed by atoms with van der Waals surface area (Å²) < 4.78 is 12.6. The van der Waals surface area contributed by atoms with E-state index >= 15 is 0 Å². The summed E-state index contributed by atoms with van der Waals surface area (Å²) >= 11 is 1.44. The van der Waals surface area contributed by atoms with Gasteiger partial charge in [0.15, 0.2) is 10.9 Å². The highest BCUT2D eigenvalue weighted by molar-refractivity contribution is 7.98. The molecule has 0 fully saturated rings. The zero-order chi connectivity index (χ0) is 18.4. The number of nitrogens with zero attached hydrogens (tertiary/aromatic N) is 4. The van der Waals surface area contributed by atoms with Crippen LogP contribution >= 0.6 is 11.8 Å². The van der Waals surface area contributed by atoms with Gasteiger partial charge in [-0.15, -0.1) is 0 Å². The minimum absolute atomic E-state index is 0.248. The number of aryl methyl sites for hydroxylation is 1. The van der Waals surface area contributed by atoms with Crippen LogP contribution in [-0.4, -0.2) is 39.4 Å². The first-order chi connectivity index (χ1) is 12.7. The number of carbonyl (C=O) groups excluding carboxylic acids is 1. The van der Waals surface area contributed by atoms with E-state index in [1.807, 2.05) is 13.1 Å². The lowest BCUT2D eigenvalue weighted by Gasteiger charge is -2.17. The van der Waals surface area contributed by atoms with Crippen molar-refractivity contribution in [2.45, 2.75) is 17.0 Å². The van der Waals surface area contributed by atoms with E-state index in [2.05, 4.69) is 20.4 Å². The van der Waals surface area contributed by atoms with Crippen molar-refractivity contribution in [3.63, 3.8) is 0 Å². The number of carbonyl (C=O) groups is 1. The molecule has 3 aromatic rings. The summed E-state index contributed by atoms with van der Waals surface area (Å²) in [5.41, 5.74) is 0.851. The van der Waals surface area contributed by atoms with E-state index in [4.69, 9.17) is 9.15 Å². The third-order valence-electron chi connectivity index (χ3n) is 3.63. The van der Waals surface area contributed by atoms with Gasteiger partial charge in [0.25, 0.3) is 5.91 Å². The summed E-state index contributed by atoms with van der Waals surface area (Å²) in [5.74, 6) is 1.16. The Balaban J connectivity index is 1.62. The lowest BCUT2D eigenvalue weighted by Crippen LogP contribution is -2.32. The number of rotatable bonds is 8. The Morgan fingerprint density at radius 3 is 2.81 bits per heavy atom. The predicted molar refractivity (Wildman–Crippen MR) is 95.6 cm³/mol. The number of hydrogen-bond donors (Lipinski definition) is 1. The van der Waals surface area contributed by atoms with Crippen molar-refractivity contribution < 1.29 is 13.9 Å². The number of thioether (sulfide) groups is 1. The van der Waals surface area contributed by atoms with Crippen LogP contribution in [0.15, 0.2) is 52.4 Å². The fourth-order valence-corrected chi connectivity index (χ4v) is 3.09. The van der Waals surface area contributed by atoms with Crippen LogP contribution in [0.2, 0.25) is 0 Å². The highest BCUT2D eigenvalue weighted by Gasteiger charge is 2.20. The van der Waals surface area contributed by atoms with E-state index in [1.165, 1.54) is 11.8 Å². The lowest BCUT2D eigenvalue weighted by atomic mass is 10.2. The van der Waals surface area contributed by atoms with Crippen molar-refractivity contribution in [1.82, 2.24) is 25.1 Å². The molecule has 3 rings (SSSR count). The maximum atomic E-state index is 12.5. The molecule has 8 nitrogen and oxygen atoms in total. The summed E-state index contributed by atoms with van der Waals surface area (Å²) in [7, 11) is 3.40. The Bertz CT molecular complexity index is 849. The molecule has 0 saturated heterocycles. The minimum Gasteiger partial charge on any atom is -0.455 e. The quantitative estimate of drug-likeness (QED) is 0.478. The maximum absolute atomic E-state index is 12.5. The summed E-state index contributed by atoms with van der Waals surface area (Å²) in [6.45, 7) is 0.333. The minimum atomic E-state index is -0.319. The number of methoxy groups -OCH3 is 1. The lowest BCUT2D eigenvalue weighted by molar-refractivity contribution is 0.0863. The monoisotopic (exact) mass is 373 g/mol. The smallest absolute Gasteiger partial charge is 0.287 e. The van der Waals surface area contributed by atoms with Gasteiger partial charge in [0, 0.05) is 32.7 Å². The van der Waals surface area contributed by atoms with Gasteiger partial charge in [-0.1, -0.05) is 11.8 Å². The molecule has 0 saturated carbocycles. The van der Waals surface area contributed by atoms with Gasteiger partial charge >= 0.3 is 0 Å². The van der Waals surface area contributed by atoms with Crippen LogP contribution in [0.3, 0.4) is 0 Å². The van der Waals surface area contributed by atoms with Gasteiger partial charge in [-0.05, 0) is 24.3 Å². The SMILES string of the molecule is COC[C@@H](NC(=O)c1ccc(CSc2ncccn2)o1)c1ccnn1C. The summed E-state index contributed by atoms with van der Waals surface area (Å²) in [4.78, 5) is 20.8. The van der Waals surface area contributed by atoms with E-state index in [1.54, 1.807) is 48.6 Å². The molecule has 1 amide bonds. The summed E-state index contributed by atoms with van der Waals surface area (Å²) in [5, 5.41) is 7.70. The van der Waals surface area contributed by atoms with Crippen LogP contribution in [0.4, 0.5) is 0 Å². The Labute approximate surface area is 155 Å². The molecule has 0 aliphatic rings. The summed E-state index contributed by atoms with van der Waals surface area (Å²) in [6.07, 6.45) is 5.05. The van der Waals surface area contributed by atoms with Crippen LogP contribution in [0.1, 0.15) is 28.1 Å². The molecule has 0 unspecified atom stereocenters. The van der Waals surface area contributed by atoms with Gasteiger partial charge in [0.1, 0.15) is 5.76 Å². The molecule has 0 aliphatic heterocycles. The van der Waals surface area contributed by atoms with E-state index < -0.39 is 0 Å². The number of amides is 1. The topological polar surface area (TPSA) is 95.1 Å². The van der Waals surface area contributed by atoms with Crippen LogP contribution in [0, 0.1) is 0 Å². The number of nitrogens with one attached hydrogen (secondary N) is 1. The van der Waals surface area contributed by atoms with Gasteiger partial charge in [-0.3, -0.25) is 9.48 Å². The van der Waals surface area contributed by atoms with Gasteiger partial charge in [0.05, 0.1) is 24.1 Å². The Hall–Kier alpha value is -2.65. The number of hydrogen-bond acceptors (Lipinski definition) is 7. The average Bonchev–Trinajstić information content (AvgIpc) is 3.29. The fraction of sp³-hybridized carbons (Fsp3) is 0.294. The third-order valence-corrected chi connectivity index (χ3v) is 4.52. The fourth-order valence-electron chi connectivity index (χ4n) is 2.40. The van der Waals surface area contributed by atoms with E-state index in [9.17, 15) is 4.79 Å². The molecule has 136 valence electrons. The molecule has 1 N–H and O–H groups in total. The van der Waals surface area contributed by atoms with E-state index in [0.717, 1.165) is 5.69 Å². The van der Waals surface area contributed by atoms with E-state index in [-0.39, 0.29) is 17.7 Å². The zero-order valence-corrected chi connectivity index (χ0v) is 15.3. The van der Waals surface area contributed by atoms with Gasteiger partial charge in [0.2, 0.25) is 0 Å². The molecule has 9 heteroatoms. The number of ether oxygens (including phenoxy) is 1. The highest BCUT2D eigenvalue weighted by atomic mass is 32.2. The van der Waals surface area contributed by atoms with Crippen molar-refractivity contribution in [3.8, 4) is 0 Å². The second-order valence-electron chi connectivity index (χ2n) is 5.45. The molecule has 0 bridgehead atoms. The first kappa shape index (κ1) is 18.2. The molecule has 1 atom stereocenters. The molecule has 0 aromatic carbocycles. The van der Waals surface area contributed by atoms with Crippen LogP contribution in [0.25, 0.3) is 0 Å². The average molecular weight is 373 g/mol. The Morgan fingerprint density at radius 2 is 2.12 bits per heavy atom. The Kier molecular flexibility index (Phi) is 6.03. The first-order valence-electron chi connectivity index (χ1n) is 7.93. The number of furan rings is 1. The van der Waals surface area contributed by atoms with Crippen LogP contribution in [-0.2, 0) is 17.5 Å². The maximum Gasteiger partial charge on any atom is 0.287 e. The Morgan fingerprint density at radius 1 is 1.31 bits per heavy atom. The van der Waals surface area contributed by atoms with Crippen LogP contribution in [0.5, 0.6) is 0 Å².